The fourth-order valence-electron chi connectivity index (χ4n) is 3.42. The van der Waals surface area contributed by atoms with Gasteiger partial charge in [0.1, 0.15) is 17.9 Å². The highest BCUT2D eigenvalue weighted by Gasteiger charge is 2.17. The number of thiophene rings is 1. The van der Waals surface area contributed by atoms with E-state index in [1.54, 1.807) is 25.2 Å². The van der Waals surface area contributed by atoms with Gasteiger partial charge in [0, 0.05) is 29.7 Å². The molecule has 0 unspecified atom stereocenters. The van der Waals surface area contributed by atoms with E-state index in [9.17, 15) is 9.59 Å². The van der Waals surface area contributed by atoms with Crippen molar-refractivity contribution in [2.75, 3.05) is 24.3 Å². The minimum atomic E-state index is -0.199. The predicted molar refractivity (Wildman–Crippen MR) is 127 cm³/mol. The third-order valence-electron chi connectivity index (χ3n) is 5.00. The number of carbonyl (C=O) groups excluding carboxylic acids is 1. The van der Waals surface area contributed by atoms with E-state index in [-0.39, 0.29) is 17.2 Å². The van der Waals surface area contributed by atoms with Crippen LogP contribution in [0, 0.1) is 0 Å². The number of nitrogens with one attached hydrogen (secondary N) is 1. The van der Waals surface area contributed by atoms with Crippen LogP contribution in [0.25, 0.3) is 21.3 Å². The summed E-state index contributed by atoms with van der Waals surface area (Å²) in [6.07, 6.45) is 0. The number of hydrogen-bond acceptors (Lipinski definition) is 7. The van der Waals surface area contributed by atoms with Crippen LogP contribution in [0.4, 0.5) is 5.69 Å². The first-order chi connectivity index (χ1) is 15.6. The number of hydrogen-bond donors (Lipinski definition) is 1. The zero-order valence-electron chi connectivity index (χ0n) is 17.2. The molecule has 3 heterocycles. The van der Waals surface area contributed by atoms with Gasteiger partial charge in [0.05, 0.1) is 11.3 Å². The molecule has 2 aromatic heterocycles. The van der Waals surface area contributed by atoms with Crippen LogP contribution in [0.3, 0.4) is 0 Å². The minimum Gasteiger partial charge on any atom is -0.486 e. The van der Waals surface area contributed by atoms with E-state index in [2.05, 4.69) is 5.32 Å². The van der Waals surface area contributed by atoms with Gasteiger partial charge >= 0.3 is 0 Å². The molecule has 0 saturated heterocycles. The molecule has 7 nitrogen and oxygen atoms in total. The molecule has 9 heteroatoms. The average molecular weight is 466 g/mol. The van der Waals surface area contributed by atoms with Crippen molar-refractivity contribution in [3.05, 3.63) is 64.3 Å². The van der Waals surface area contributed by atoms with Crippen molar-refractivity contribution in [3.63, 3.8) is 0 Å². The smallest absolute Gasteiger partial charge is 0.271 e. The van der Waals surface area contributed by atoms with Crippen molar-refractivity contribution in [2.45, 2.75) is 5.16 Å². The van der Waals surface area contributed by atoms with E-state index in [4.69, 9.17) is 14.5 Å². The average Bonchev–Trinajstić information content (AvgIpc) is 3.25. The zero-order valence-corrected chi connectivity index (χ0v) is 18.8. The molecule has 32 heavy (non-hydrogen) atoms. The van der Waals surface area contributed by atoms with E-state index in [1.807, 2.05) is 35.7 Å². The monoisotopic (exact) mass is 465 g/mol. The Kier molecular flexibility index (Phi) is 5.59. The van der Waals surface area contributed by atoms with Crippen molar-refractivity contribution >= 4 is 44.9 Å². The van der Waals surface area contributed by atoms with Crippen molar-refractivity contribution in [3.8, 4) is 22.6 Å². The predicted octanol–water partition coefficient (Wildman–Crippen LogP) is 4.16. The highest BCUT2D eigenvalue weighted by Crippen LogP contribution is 2.33. The Labute approximate surface area is 192 Å². The maximum Gasteiger partial charge on any atom is 0.271 e. The van der Waals surface area contributed by atoms with Gasteiger partial charge in [-0.05, 0) is 17.7 Å². The number of nitrogens with zero attached hydrogens (tertiary/aromatic N) is 2. The normalized spacial score (nSPS) is 12.7. The third kappa shape index (κ3) is 3.96. The van der Waals surface area contributed by atoms with Crippen LogP contribution in [0.2, 0.25) is 0 Å². The van der Waals surface area contributed by atoms with Gasteiger partial charge < -0.3 is 14.8 Å². The van der Waals surface area contributed by atoms with E-state index >= 15 is 0 Å². The van der Waals surface area contributed by atoms with Gasteiger partial charge in [-0.2, -0.15) is 0 Å². The number of anilines is 1. The highest BCUT2D eigenvalue weighted by atomic mass is 32.2. The summed E-state index contributed by atoms with van der Waals surface area (Å²) in [5.41, 5.74) is 3.11. The Balaban J connectivity index is 1.35. The lowest BCUT2D eigenvalue weighted by atomic mass is 10.1. The van der Waals surface area contributed by atoms with E-state index < -0.39 is 0 Å². The van der Waals surface area contributed by atoms with Crippen LogP contribution >= 0.6 is 23.1 Å². The lowest BCUT2D eigenvalue weighted by Gasteiger charge is -2.19. The van der Waals surface area contributed by atoms with Crippen molar-refractivity contribution in [1.29, 1.82) is 0 Å². The number of rotatable bonds is 5. The molecule has 0 saturated carbocycles. The van der Waals surface area contributed by atoms with Gasteiger partial charge in [-0.25, -0.2) is 4.98 Å². The molecule has 162 valence electrons. The quantitative estimate of drug-likeness (QED) is 0.352. The highest BCUT2D eigenvalue weighted by molar-refractivity contribution is 7.99. The Bertz CT molecular complexity index is 1370. The number of ether oxygens (including phenoxy) is 2. The maximum absolute atomic E-state index is 12.9. The lowest BCUT2D eigenvalue weighted by Crippen LogP contribution is -2.21. The molecular weight excluding hydrogens is 446 g/mol. The third-order valence-corrected chi connectivity index (χ3v) is 6.99. The van der Waals surface area contributed by atoms with Crippen LogP contribution in [0.1, 0.15) is 0 Å². The molecule has 0 radical (unpaired) electrons. The fraction of sp³-hybridized carbons (Fsp3) is 0.174. The second-order valence-corrected chi connectivity index (χ2v) is 8.97. The SMILES string of the molecule is Cn1c(SCC(=O)Nc2ccc3c(c2)OCCO3)nc2c(-c3ccccc3)csc2c1=O. The Morgan fingerprint density at radius 3 is 2.75 bits per heavy atom. The van der Waals surface area contributed by atoms with E-state index in [0.717, 1.165) is 11.1 Å². The van der Waals surface area contributed by atoms with Crippen molar-refractivity contribution in [2.24, 2.45) is 7.05 Å². The van der Waals surface area contributed by atoms with Gasteiger partial charge in [-0.3, -0.25) is 14.2 Å². The number of fused-ring (bicyclic) bond motifs is 2. The maximum atomic E-state index is 12.9. The first-order valence-electron chi connectivity index (χ1n) is 9.96. The van der Waals surface area contributed by atoms with Crippen LogP contribution in [0.5, 0.6) is 11.5 Å². The molecule has 5 rings (SSSR count). The van der Waals surface area contributed by atoms with Gasteiger partial charge in [-0.1, -0.05) is 42.1 Å². The Morgan fingerprint density at radius 2 is 1.94 bits per heavy atom. The number of benzene rings is 2. The molecule has 0 aliphatic carbocycles. The van der Waals surface area contributed by atoms with E-state index in [0.29, 0.717) is 45.8 Å². The molecule has 0 bridgehead atoms. The van der Waals surface area contributed by atoms with Gasteiger partial charge in [-0.15, -0.1) is 11.3 Å². The molecular formula is C23H19N3O4S2. The molecule has 2 aromatic carbocycles. The molecule has 0 spiro atoms. The van der Waals surface area contributed by atoms with Crippen molar-refractivity contribution in [1.82, 2.24) is 9.55 Å². The fourth-order valence-corrected chi connectivity index (χ4v) is 5.18. The summed E-state index contributed by atoms with van der Waals surface area (Å²) in [5, 5.41) is 5.31. The summed E-state index contributed by atoms with van der Waals surface area (Å²) in [6.45, 7) is 0.998. The number of thioether (sulfide) groups is 1. The molecule has 1 aliphatic rings. The summed E-state index contributed by atoms with van der Waals surface area (Å²) >= 11 is 2.62. The first kappa shape index (κ1) is 20.6. The molecule has 1 amide bonds. The first-order valence-corrected chi connectivity index (χ1v) is 11.8. The van der Waals surface area contributed by atoms with Gasteiger partial charge in [0.2, 0.25) is 5.91 Å². The molecule has 1 N–H and O–H groups in total. The lowest BCUT2D eigenvalue weighted by molar-refractivity contribution is -0.113. The summed E-state index contributed by atoms with van der Waals surface area (Å²) < 4.78 is 13.2. The largest absolute Gasteiger partial charge is 0.486 e. The number of aromatic nitrogens is 2. The topological polar surface area (TPSA) is 82.5 Å². The second-order valence-electron chi connectivity index (χ2n) is 7.15. The summed E-state index contributed by atoms with van der Waals surface area (Å²) in [4.78, 5) is 30.1. The molecule has 1 aliphatic heterocycles. The zero-order chi connectivity index (χ0) is 22.1. The van der Waals surface area contributed by atoms with Gasteiger partial charge in [0.25, 0.3) is 5.56 Å². The standard InChI is InChI=1S/C23H19N3O4S2/c1-26-22(28)21-20(16(12-31-21)14-5-3-2-4-6-14)25-23(26)32-13-19(27)24-15-7-8-17-18(11-15)30-10-9-29-17/h2-8,11-12H,9-10,13H2,1H3,(H,24,27). The van der Waals surface area contributed by atoms with Gasteiger partial charge in [0.15, 0.2) is 16.7 Å². The minimum absolute atomic E-state index is 0.114. The summed E-state index contributed by atoms with van der Waals surface area (Å²) in [6, 6.07) is 15.1. The molecule has 4 aromatic rings. The molecule has 0 atom stereocenters. The Morgan fingerprint density at radius 1 is 1.16 bits per heavy atom. The van der Waals surface area contributed by atoms with E-state index in [1.165, 1.54) is 27.7 Å². The Hall–Kier alpha value is -3.30. The van der Waals surface area contributed by atoms with Crippen LogP contribution in [-0.2, 0) is 11.8 Å². The summed E-state index contributed by atoms with van der Waals surface area (Å²) in [5.74, 6) is 1.20. The summed E-state index contributed by atoms with van der Waals surface area (Å²) in [7, 11) is 1.68. The van der Waals surface area contributed by atoms with Crippen molar-refractivity contribution < 1.29 is 14.3 Å². The molecule has 0 fully saturated rings. The van der Waals surface area contributed by atoms with Crippen LogP contribution in [0.15, 0.2) is 63.9 Å². The van der Waals surface area contributed by atoms with Crippen LogP contribution in [-0.4, -0.2) is 34.4 Å². The number of amides is 1. The van der Waals surface area contributed by atoms with Crippen LogP contribution < -0.4 is 20.3 Å². The second kappa shape index (κ2) is 8.68. The number of carbonyl (C=O) groups is 1.